The van der Waals surface area contributed by atoms with E-state index in [9.17, 15) is 0 Å². The zero-order valence-corrected chi connectivity index (χ0v) is 5.35. The van der Waals surface area contributed by atoms with Gasteiger partial charge >= 0.3 is 0 Å². The Bertz CT molecular complexity index is 88.4. The predicted octanol–water partition coefficient (Wildman–Crippen LogP) is -0.767. The van der Waals surface area contributed by atoms with Gasteiger partial charge in [0.1, 0.15) is 5.66 Å². The first-order valence-corrected chi connectivity index (χ1v) is 2.69. The van der Waals surface area contributed by atoms with Gasteiger partial charge in [0, 0.05) is 0 Å². The molecule has 0 saturated carbocycles. The van der Waals surface area contributed by atoms with Gasteiger partial charge in [-0.05, 0) is 14.1 Å². The summed E-state index contributed by atoms with van der Waals surface area (Å²) in [6, 6.07) is 0. The Morgan fingerprint density at radius 2 is 2.00 bits per heavy atom. The maximum Gasteiger partial charge on any atom is 0.116 e. The van der Waals surface area contributed by atoms with Gasteiger partial charge in [0.25, 0.3) is 0 Å². The fraction of sp³-hybridized carbons (Fsp3) is 1.00. The van der Waals surface area contributed by atoms with Crippen LogP contribution in [0.15, 0.2) is 0 Å². The van der Waals surface area contributed by atoms with Crippen molar-refractivity contribution >= 4 is 0 Å². The molecule has 0 atom stereocenters. The van der Waals surface area contributed by atoms with Gasteiger partial charge in [0.05, 0.1) is 13.2 Å². The highest BCUT2D eigenvalue weighted by molar-refractivity contribution is 4.87. The molecule has 0 unspecified atom stereocenters. The number of ether oxygens (including phenoxy) is 1. The molecule has 3 nitrogen and oxygen atoms in total. The Morgan fingerprint density at radius 1 is 1.50 bits per heavy atom. The van der Waals surface area contributed by atoms with Crippen LogP contribution in [0, 0.1) is 0 Å². The first-order chi connectivity index (χ1) is 3.65. The van der Waals surface area contributed by atoms with Crippen molar-refractivity contribution in [1.29, 1.82) is 0 Å². The summed E-state index contributed by atoms with van der Waals surface area (Å²) in [7, 11) is 3.92. The molecule has 1 heterocycles. The number of hydrogen-bond acceptors (Lipinski definition) is 3. The minimum absolute atomic E-state index is 0.167. The van der Waals surface area contributed by atoms with Gasteiger partial charge in [-0.15, -0.1) is 0 Å². The molecule has 0 aromatic rings. The molecule has 1 aliphatic heterocycles. The summed E-state index contributed by atoms with van der Waals surface area (Å²) >= 11 is 0. The third kappa shape index (κ3) is 0.727. The lowest BCUT2D eigenvalue weighted by Crippen LogP contribution is -2.66. The van der Waals surface area contributed by atoms with Crippen molar-refractivity contribution in [3.63, 3.8) is 0 Å². The second-order valence-electron chi connectivity index (χ2n) is 2.49. The Hall–Kier alpha value is -0.120. The summed E-state index contributed by atoms with van der Waals surface area (Å²) in [6.45, 7) is 1.33. The van der Waals surface area contributed by atoms with Crippen LogP contribution in [0.2, 0.25) is 0 Å². The molecule has 48 valence electrons. The summed E-state index contributed by atoms with van der Waals surface area (Å²) in [5.74, 6) is 0. The average Bonchev–Trinajstić information content (AvgIpc) is 1.60. The summed E-state index contributed by atoms with van der Waals surface area (Å²) in [5, 5.41) is 0. The van der Waals surface area contributed by atoms with Crippen LogP contribution in [0.4, 0.5) is 0 Å². The van der Waals surface area contributed by atoms with Gasteiger partial charge in [-0.2, -0.15) is 0 Å². The van der Waals surface area contributed by atoms with E-state index < -0.39 is 0 Å². The standard InChI is InChI=1S/C5H12N2O/c1-7(2)5(6)3-8-4-5/h3-4,6H2,1-2H3. The molecule has 0 amide bonds. The normalized spacial score (nSPS) is 25.5. The fourth-order valence-electron chi connectivity index (χ4n) is 0.569. The van der Waals surface area contributed by atoms with Crippen LogP contribution in [-0.2, 0) is 4.74 Å². The molecule has 0 spiro atoms. The van der Waals surface area contributed by atoms with Crippen molar-refractivity contribution < 1.29 is 4.74 Å². The van der Waals surface area contributed by atoms with E-state index >= 15 is 0 Å². The Labute approximate surface area is 49.4 Å². The highest BCUT2D eigenvalue weighted by Gasteiger charge is 2.35. The first kappa shape index (κ1) is 6.01. The third-order valence-corrected chi connectivity index (χ3v) is 1.59. The van der Waals surface area contributed by atoms with E-state index in [2.05, 4.69) is 0 Å². The van der Waals surface area contributed by atoms with E-state index in [1.165, 1.54) is 0 Å². The molecule has 1 rings (SSSR count). The topological polar surface area (TPSA) is 38.5 Å². The first-order valence-electron chi connectivity index (χ1n) is 2.69. The van der Waals surface area contributed by atoms with Crippen molar-refractivity contribution in [3.05, 3.63) is 0 Å². The Kier molecular flexibility index (Phi) is 1.27. The van der Waals surface area contributed by atoms with E-state index in [-0.39, 0.29) is 5.66 Å². The van der Waals surface area contributed by atoms with E-state index in [0.717, 1.165) is 0 Å². The summed E-state index contributed by atoms with van der Waals surface area (Å²) < 4.78 is 4.93. The molecule has 1 aliphatic rings. The molecular weight excluding hydrogens is 104 g/mol. The maximum absolute atomic E-state index is 5.75. The average molecular weight is 116 g/mol. The number of nitrogens with two attached hydrogens (primary N) is 1. The molecule has 0 aromatic heterocycles. The monoisotopic (exact) mass is 116 g/mol. The third-order valence-electron chi connectivity index (χ3n) is 1.59. The molecule has 0 aromatic carbocycles. The maximum atomic E-state index is 5.75. The SMILES string of the molecule is CN(C)C1(N)COC1. The van der Waals surface area contributed by atoms with Crippen LogP contribution in [0.5, 0.6) is 0 Å². The number of hydrogen-bond donors (Lipinski definition) is 1. The highest BCUT2D eigenvalue weighted by atomic mass is 16.5. The van der Waals surface area contributed by atoms with Crippen molar-refractivity contribution in [1.82, 2.24) is 4.90 Å². The molecule has 3 heteroatoms. The van der Waals surface area contributed by atoms with Gasteiger partial charge in [0.15, 0.2) is 0 Å². The van der Waals surface area contributed by atoms with Crippen LogP contribution in [-0.4, -0.2) is 37.9 Å². The van der Waals surface area contributed by atoms with Crippen LogP contribution in [0.1, 0.15) is 0 Å². The predicted molar refractivity (Wildman–Crippen MR) is 31.4 cm³/mol. The fourth-order valence-corrected chi connectivity index (χ4v) is 0.569. The van der Waals surface area contributed by atoms with Crippen LogP contribution >= 0.6 is 0 Å². The molecule has 1 saturated heterocycles. The van der Waals surface area contributed by atoms with Gasteiger partial charge in [-0.1, -0.05) is 0 Å². The lowest BCUT2D eigenvalue weighted by atomic mass is 10.1. The number of rotatable bonds is 1. The van der Waals surface area contributed by atoms with Crippen molar-refractivity contribution in [2.75, 3.05) is 27.3 Å². The molecule has 2 N–H and O–H groups in total. The smallest absolute Gasteiger partial charge is 0.116 e. The van der Waals surface area contributed by atoms with Crippen LogP contribution in [0.3, 0.4) is 0 Å². The molecule has 8 heavy (non-hydrogen) atoms. The van der Waals surface area contributed by atoms with Crippen molar-refractivity contribution in [3.8, 4) is 0 Å². The van der Waals surface area contributed by atoms with Crippen molar-refractivity contribution in [2.45, 2.75) is 5.66 Å². The summed E-state index contributed by atoms with van der Waals surface area (Å²) in [6.07, 6.45) is 0. The van der Waals surface area contributed by atoms with E-state index in [4.69, 9.17) is 10.5 Å². The zero-order valence-electron chi connectivity index (χ0n) is 5.35. The van der Waals surface area contributed by atoms with Gasteiger partial charge in [0.2, 0.25) is 0 Å². The molecular formula is C5H12N2O. The molecule has 0 radical (unpaired) electrons. The second-order valence-corrected chi connectivity index (χ2v) is 2.49. The van der Waals surface area contributed by atoms with Gasteiger partial charge in [-0.25, -0.2) is 0 Å². The molecule has 0 bridgehead atoms. The van der Waals surface area contributed by atoms with Crippen molar-refractivity contribution in [2.24, 2.45) is 5.73 Å². The second kappa shape index (κ2) is 1.69. The van der Waals surface area contributed by atoms with E-state index in [0.29, 0.717) is 13.2 Å². The highest BCUT2D eigenvalue weighted by Crippen LogP contribution is 2.14. The molecule has 0 aliphatic carbocycles. The minimum Gasteiger partial charge on any atom is -0.375 e. The van der Waals surface area contributed by atoms with E-state index in [1.54, 1.807) is 0 Å². The Balaban J connectivity index is 2.41. The summed E-state index contributed by atoms with van der Waals surface area (Å²) in [5.41, 5.74) is 5.58. The molecule has 1 fully saturated rings. The number of likely N-dealkylation sites (N-methyl/N-ethyl adjacent to an activating group) is 1. The zero-order chi connectivity index (χ0) is 6.20. The van der Waals surface area contributed by atoms with Gasteiger partial charge < -0.3 is 10.5 Å². The summed E-state index contributed by atoms with van der Waals surface area (Å²) in [4.78, 5) is 1.98. The Morgan fingerprint density at radius 3 is 2.00 bits per heavy atom. The lowest BCUT2D eigenvalue weighted by molar-refractivity contribution is -0.121. The number of nitrogens with zero attached hydrogens (tertiary/aromatic N) is 1. The van der Waals surface area contributed by atoms with Gasteiger partial charge in [-0.3, -0.25) is 4.90 Å². The minimum atomic E-state index is -0.167. The largest absolute Gasteiger partial charge is 0.375 e. The quantitative estimate of drug-likeness (QED) is 0.457. The lowest BCUT2D eigenvalue weighted by Gasteiger charge is -2.42. The van der Waals surface area contributed by atoms with Crippen LogP contribution in [0.25, 0.3) is 0 Å². The van der Waals surface area contributed by atoms with E-state index in [1.807, 2.05) is 19.0 Å². The van der Waals surface area contributed by atoms with Crippen LogP contribution < -0.4 is 5.73 Å².